The van der Waals surface area contributed by atoms with Crippen LogP contribution in [0.4, 0.5) is 0 Å². The molecule has 0 spiro atoms. The van der Waals surface area contributed by atoms with Crippen LogP contribution in [-0.2, 0) is 4.74 Å². The first-order chi connectivity index (χ1) is 7.72. The van der Waals surface area contributed by atoms with Crippen molar-refractivity contribution in [2.75, 3.05) is 6.61 Å². The van der Waals surface area contributed by atoms with Crippen molar-refractivity contribution in [3.63, 3.8) is 0 Å². The minimum atomic E-state index is 0.373. The van der Waals surface area contributed by atoms with E-state index in [1.165, 1.54) is 32.1 Å². The molecule has 2 aliphatic rings. The predicted octanol–water partition coefficient (Wildman–Crippen LogP) is 2.07. The van der Waals surface area contributed by atoms with Gasteiger partial charge in [0, 0.05) is 18.6 Å². The fourth-order valence-corrected chi connectivity index (χ4v) is 3.64. The first-order valence-corrected chi connectivity index (χ1v) is 6.80. The number of rotatable bonds is 3. The number of hydrogen-bond donors (Lipinski definition) is 2. The third kappa shape index (κ3) is 2.58. The first-order valence-electron chi connectivity index (χ1n) is 6.80. The summed E-state index contributed by atoms with van der Waals surface area (Å²) in [5, 5.41) is 0. The van der Waals surface area contributed by atoms with Gasteiger partial charge < -0.3 is 4.74 Å². The van der Waals surface area contributed by atoms with Crippen LogP contribution in [0.1, 0.15) is 46.0 Å². The Morgan fingerprint density at radius 2 is 2.06 bits per heavy atom. The molecule has 0 amide bonds. The molecule has 3 N–H and O–H groups in total. The van der Waals surface area contributed by atoms with Crippen LogP contribution in [0.3, 0.4) is 0 Å². The molecule has 16 heavy (non-hydrogen) atoms. The van der Waals surface area contributed by atoms with Gasteiger partial charge in [0.25, 0.3) is 0 Å². The lowest BCUT2D eigenvalue weighted by atomic mass is 9.74. The molecule has 94 valence electrons. The van der Waals surface area contributed by atoms with Crippen molar-refractivity contribution in [1.82, 2.24) is 5.43 Å². The van der Waals surface area contributed by atoms with Gasteiger partial charge in [-0.15, -0.1) is 0 Å². The maximum atomic E-state index is 5.79. The zero-order valence-corrected chi connectivity index (χ0v) is 10.6. The Kier molecular flexibility index (Phi) is 4.22. The summed E-state index contributed by atoms with van der Waals surface area (Å²) in [6.07, 6.45) is 6.97. The maximum Gasteiger partial charge on any atom is 0.0591 e. The van der Waals surface area contributed by atoms with Crippen LogP contribution < -0.4 is 11.3 Å². The highest BCUT2D eigenvalue weighted by atomic mass is 16.5. The van der Waals surface area contributed by atoms with Gasteiger partial charge in [-0.05, 0) is 38.0 Å². The van der Waals surface area contributed by atoms with E-state index >= 15 is 0 Å². The van der Waals surface area contributed by atoms with Gasteiger partial charge in [-0.1, -0.05) is 19.8 Å². The van der Waals surface area contributed by atoms with Crippen LogP contribution in [-0.4, -0.2) is 18.8 Å². The number of ether oxygens (including phenoxy) is 1. The van der Waals surface area contributed by atoms with Gasteiger partial charge in [-0.2, -0.15) is 0 Å². The average Bonchev–Trinajstić information content (AvgIpc) is 2.67. The second-order valence-corrected chi connectivity index (χ2v) is 5.75. The molecular weight excluding hydrogens is 200 g/mol. The molecule has 2 rings (SSSR count). The molecule has 0 aromatic rings. The summed E-state index contributed by atoms with van der Waals surface area (Å²) in [4.78, 5) is 0. The summed E-state index contributed by atoms with van der Waals surface area (Å²) in [6, 6.07) is 0.459. The molecular formula is C13H26N2O. The lowest BCUT2D eigenvalue weighted by Gasteiger charge is -2.37. The van der Waals surface area contributed by atoms with E-state index in [4.69, 9.17) is 10.6 Å². The molecule has 1 saturated heterocycles. The van der Waals surface area contributed by atoms with Gasteiger partial charge in [-0.3, -0.25) is 11.3 Å². The highest BCUT2D eigenvalue weighted by Gasteiger charge is 2.37. The molecule has 3 nitrogen and oxygen atoms in total. The second-order valence-electron chi connectivity index (χ2n) is 5.75. The Labute approximate surface area is 99.1 Å². The summed E-state index contributed by atoms with van der Waals surface area (Å²) in [5.74, 6) is 8.02. The van der Waals surface area contributed by atoms with E-state index in [-0.39, 0.29) is 0 Å². The van der Waals surface area contributed by atoms with Gasteiger partial charge in [0.15, 0.2) is 0 Å². The Morgan fingerprint density at radius 1 is 1.25 bits per heavy atom. The second kappa shape index (κ2) is 5.48. The summed E-state index contributed by atoms with van der Waals surface area (Å²) >= 11 is 0. The Bertz CT molecular complexity index is 222. The molecule has 5 atom stereocenters. The van der Waals surface area contributed by atoms with E-state index in [1.807, 2.05) is 0 Å². The molecule has 0 aromatic heterocycles. The highest BCUT2D eigenvalue weighted by molar-refractivity contribution is 4.89. The van der Waals surface area contributed by atoms with Crippen molar-refractivity contribution in [3.05, 3.63) is 0 Å². The van der Waals surface area contributed by atoms with Crippen LogP contribution >= 0.6 is 0 Å². The van der Waals surface area contributed by atoms with Crippen molar-refractivity contribution in [3.8, 4) is 0 Å². The number of nitrogens with one attached hydrogen (secondary N) is 1. The van der Waals surface area contributed by atoms with Gasteiger partial charge in [0.2, 0.25) is 0 Å². The highest BCUT2D eigenvalue weighted by Crippen LogP contribution is 2.36. The summed E-state index contributed by atoms with van der Waals surface area (Å²) in [6.45, 7) is 5.47. The van der Waals surface area contributed by atoms with Crippen molar-refractivity contribution >= 4 is 0 Å². The van der Waals surface area contributed by atoms with E-state index in [0.29, 0.717) is 18.1 Å². The Hall–Kier alpha value is -0.120. The van der Waals surface area contributed by atoms with Gasteiger partial charge in [-0.25, -0.2) is 0 Å². The molecule has 0 radical (unpaired) electrons. The first kappa shape index (κ1) is 12.3. The number of hydrogen-bond acceptors (Lipinski definition) is 3. The van der Waals surface area contributed by atoms with E-state index in [0.717, 1.165) is 18.4 Å². The van der Waals surface area contributed by atoms with E-state index in [9.17, 15) is 0 Å². The lowest BCUT2D eigenvalue weighted by molar-refractivity contribution is 0.0777. The molecule has 1 heterocycles. The Balaban J connectivity index is 1.97. The minimum Gasteiger partial charge on any atom is -0.378 e. The molecule has 1 aliphatic carbocycles. The van der Waals surface area contributed by atoms with Crippen LogP contribution in [0.2, 0.25) is 0 Å². The predicted molar refractivity (Wildman–Crippen MR) is 65.8 cm³/mol. The number of nitrogens with two attached hydrogens (primary N) is 1. The molecule has 2 fully saturated rings. The molecule has 1 aliphatic heterocycles. The average molecular weight is 226 g/mol. The zero-order chi connectivity index (χ0) is 11.5. The van der Waals surface area contributed by atoms with E-state index < -0.39 is 0 Å². The molecule has 0 aromatic carbocycles. The van der Waals surface area contributed by atoms with Crippen molar-refractivity contribution < 1.29 is 4.74 Å². The van der Waals surface area contributed by atoms with Crippen LogP contribution in [0.25, 0.3) is 0 Å². The molecule has 3 heteroatoms. The topological polar surface area (TPSA) is 47.3 Å². The van der Waals surface area contributed by atoms with Crippen LogP contribution in [0, 0.1) is 17.8 Å². The minimum absolute atomic E-state index is 0.373. The normalized spacial score (nSPS) is 42.2. The van der Waals surface area contributed by atoms with Gasteiger partial charge in [0.05, 0.1) is 6.10 Å². The van der Waals surface area contributed by atoms with E-state index in [2.05, 4.69) is 19.3 Å². The molecule has 1 saturated carbocycles. The SMILES string of the molecule is CC1CCCC(C(NN)C2CCOC2C)C1. The standard InChI is InChI=1S/C13H26N2O/c1-9-4-3-5-11(8-9)13(15-14)12-6-7-16-10(12)2/h9-13,15H,3-8,14H2,1-2H3. The van der Waals surface area contributed by atoms with Crippen molar-refractivity contribution in [1.29, 1.82) is 0 Å². The third-order valence-corrected chi connectivity index (χ3v) is 4.57. The van der Waals surface area contributed by atoms with E-state index in [1.54, 1.807) is 0 Å². The zero-order valence-electron chi connectivity index (χ0n) is 10.6. The fraction of sp³-hybridized carbons (Fsp3) is 1.00. The largest absolute Gasteiger partial charge is 0.378 e. The molecule has 0 bridgehead atoms. The summed E-state index contributed by atoms with van der Waals surface area (Å²) < 4.78 is 5.67. The van der Waals surface area contributed by atoms with Crippen LogP contribution in [0.15, 0.2) is 0 Å². The van der Waals surface area contributed by atoms with Gasteiger partial charge in [0.1, 0.15) is 0 Å². The van der Waals surface area contributed by atoms with Crippen LogP contribution in [0.5, 0.6) is 0 Å². The Morgan fingerprint density at radius 3 is 2.62 bits per heavy atom. The smallest absolute Gasteiger partial charge is 0.0591 e. The number of hydrazine groups is 1. The monoisotopic (exact) mass is 226 g/mol. The fourth-order valence-electron chi connectivity index (χ4n) is 3.64. The van der Waals surface area contributed by atoms with Gasteiger partial charge >= 0.3 is 0 Å². The van der Waals surface area contributed by atoms with Crippen molar-refractivity contribution in [2.45, 2.75) is 58.1 Å². The summed E-state index contributed by atoms with van der Waals surface area (Å²) in [5.41, 5.74) is 3.08. The van der Waals surface area contributed by atoms with Crippen molar-refractivity contribution in [2.24, 2.45) is 23.6 Å². The lowest BCUT2D eigenvalue weighted by Crippen LogP contribution is -2.49. The molecule has 5 unspecified atom stereocenters. The maximum absolute atomic E-state index is 5.79. The third-order valence-electron chi connectivity index (χ3n) is 4.57. The summed E-state index contributed by atoms with van der Waals surface area (Å²) in [7, 11) is 0. The quantitative estimate of drug-likeness (QED) is 0.572.